The average molecular weight is 443 g/mol. The molecule has 5 rings (SSSR count). The summed E-state index contributed by atoms with van der Waals surface area (Å²) >= 11 is 13.5. The van der Waals surface area contributed by atoms with Crippen molar-refractivity contribution in [2.75, 3.05) is 4.90 Å². The van der Waals surface area contributed by atoms with Gasteiger partial charge in [0.1, 0.15) is 5.58 Å². The number of hydrogen-bond donors (Lipinski definition) is 0. The van der Waals surface area contributed by atoms with Crippen molar-refractivity contribution in [3.63, 3.8) is 0 Å². The predicted molar refractivity (Wildman–Crippen MR) is 114 cm³/mol. The molecule has 29 heavy (non-hydrogen) atoms. The van der Waals surface area contributed by atoms with Crippen LogP contribution in [0.1, 0.15) is 33.4 Å². The van der Waals surface area contributed by atoms with Crippen LogP contribution in [0.15, 0.2) is 57.1 Å². The molecule has 3 heterocycles. The minimum Gasteiger partial charge on any atom is -0.450 e. The lowest BCUT2D eigenvalue weighted by atomic mass is 9.99. The zero-order valence-corrected chi connectivity index (χ0v) is 17.3. The summed E-state index contributed by atoms with van der Waals surface area (Å²) in [5, 5.41) is 3.67. The van der Waals surface area contributed by atoms with E-state index in [1.54, 1.807) is 42.5 Å². The molecule has 1 aliphatic rings. The highest BCUT2D eigenvalue weighted by atomic mass is 35.5. The van der Waals surface area contributed by atoms with E-state index in [0.717, 1.165) is 11.3 Å². The third-order valence-corrected chi connectivity index (χ3v) is 6.28. The second-order valence-electron chi connectivity index (χ2n) is 6.72. The molecule has 1 atom stereocenters. The maximum absolute atomic E-state index is 13.4. The van der Waals surface area contributed by atoms with Crippen molar-refractivity contribution in [2.45, 2.75) is 13.0 Å². The molecule has 0 N–H and O–H groups in total. The Balaban J connectivity index is 1.83. The topological polar surface area (TPSA) is 63.4 Å². The SMILES string of the molecule is Cc1csc(N2C(=O)c3oc4ccc(Cl)cc4c(=O)c3C2c2ccc(Cl)cc2)n1. The summed E-state index contributed by atoms with van der Waals surface area (Å²) in [5.74, 6) is -0.374. The van der Waals surface area contributed by atoms with Crippen molar-refractivity contribution < 1.29 is 9.21 Å². The Bertz CT molecular complexity index is 1340. The lowest BCUT2D eigenvalue weighted by molar-refractivity contribution is 0.0971. The number of fused-ring (bicyclic) bond motifs is 2. The van der Waals surface area contributed by atoms with Gasteiger partial charge >= 0.3 is 0 Å². The van der Waals surface area contributed by atoms with Gasteiger partial charge in [-0.05, 0) is 42.8 Å². The normalized spacial score (nSPS) is 15.9. The Morgan fingerprint density at radius 3 is 2.48 bits per heavy atom. The molecule has 0 saturated heterocycles. The Morgan fingerprint density at radius 1 is 1.07 bits per heavy atom. The van der Waals surface area contributed by atoms with Crippen molar-refractivity contribution in [1.82, 2.24) is 4.98 Å². The Kier molecular flexibility index (Phi) is 4.24. The van der Waals surface area contributed by atoms with Gasteiger partial charge in [-0.25, -0.2) is 4.98 Å². The van der Waals surface area contributed by atoms with Gasteiger partial charge in [0.25, 0.3) is 5.91 Å². The number of hydrogen-bond acceptors (Lipinski definition) is 5. The van der Waals surface area contributed by atoms with Gasteiger partial charge in [-0.1, -0.05) is 35.3 Å². The highest BCUT2D eigenvalue weighted by molar-refractivity contribution is 7.14. The lowest BCUT2D eigenvalue weighted by Crippen LogP contribution is -2.29. The summed E-state index contributed by atoms with van der Waals surface area (Å²) < 4.78 is 5.89. The van der Waals surface area contributed by atoms with Gasteiger partial charge in [-0.3, -0.25) is 14.5 Å². The van der Waals surface area contributed by atoms with Crippen LogP contribution in [0.2, 0.25) is 10.0 Å². The number of anilines is 1. The van der Waals surface area contributed by atoms with Crippen LogP contribution in [0.5, 0.6) is 0 Å². The minimum atomic E-state index is -0.667. The van der Waals surface area contributed by atoms with Crippen LogP contribution in [-0.2, 0) is 0 Å². The number of aryl methyl sites for hydroxylation is 1. The van der Waals surface area contributed by atoms with Gasteiger partial charge in [0.05, 0.1) is 22.7 Å². The summed E-state index contributed by atoms with van der Waals surface area (Å²) in [4.78, 5) is 32.7. The van der Waals surface area contributed by atoms with E-state index in [4.69, 9.17) is 27.6 Å². The summed E-state index contributed by atoms with van der Waals surface area (Å²) in [6.07, 6.45) is 0. The first kappa shape index (κ1) is 18.4. The predicted octanol–water partition coefficient (Wildman–Crippen LogP) is 5.61. The lowest BCUT2D eigenvalue weighted by Gasteiger charge is -2.22. The molecule has 0 fully saturated rings. The van der Waals surface area contributed by atoms with E-state index in [1.807, 2.05) is 12.3 Å². The maximum atomic E-state index is 13.4. The van der Waals surface area contributed by atoms with E-state index in [0.29, 0.717) is 26.1 Å². The monoisotopic (exact) mass is 442 g/mol. The van der Waals surface area contributed by atoms with E-state index >= 15 is 0 Å². The van der Waals surface area contributed by atoms with E-state index in [2.05, 4.69) is 4.98 Å². The highest BCUT2D eigenvalue weighted by Gasteiger charge is 2.44. The van der Waals surface area contributed by atoms with Gasteiger partial charge in [0.2, 0.25) is 5.76 Å². The summed E-state index contributed by atoms with van der Waals surface area (Å²) in [7, 11) is 0. The third-order valence-electron chi connectivity index (χ3n) is 4.83. The summed E-state index contributed by atoms with van der Waals surface area (Å²) in [5.41, 5.74) is 1.84. The fourth-order valence-electron chi connectivity index (χ4n) is 3.56. The molecule has 0 radical (unpaired) electrons. The van der Waals surface area contributed by atoms with E-state index in [1.165, 1.54) is 16.2 Å². The average Bonchev–Trinajstić information content (AvgIpc) is 3.25. The number of carbonyl (C=O) groups is 1. The number of rotatable bonds is 2. The van der Waals surface area contributed by atoms with Crippen LogP contribution in [-0.4, -0.2) is 10.9 Å². The molecular weight excluding hydrogens is 431 g/mol. The van der Waals surface area contributed by atoms with Crippen molar-refractivity contribution in [3.05, 3.63) is 90.7 Å². The molecule has 5 nitrogen and oxygen atoms in total. The van der Waals surface area contributed by atoms with Gasteiger partial charge in [0.15, 0.2) is 10.6 Å². The molecule has 1 aliphatic heterocycles. The van der Waals surface area contributed by atoms with Crippen LogP contribution in [0.4, 0.5) is 5.13 Å². The third kappa shape index (κ3) is 2.87. The molecule has 1 unspecified atom stereocenters. The molecule has 0 aliphatic carbocycles. The molecule has 2 aromatic carbocycles. The van der Waals surface area contributed by atoms with Crippen LogP contribution < -0.4 is 10.3 Å². The van der Waals surface area contributed by atoms with Crippen LogP contribution in [0.3, 0.4) is 0 Å². The smallest absolute Gasteiger partial charge is 0.297 e. The van der Waals surface area contributed by atoms with Crippen molar-refractivity contribution in [1.29, 1.82) is 0 Å². The molecule has 0 bridgehead atoms. The van der Waals surface area contributed by atoms with Gasteiger partial charge in [0, 0.05) is 15.4 Å². The standard InChI is InChI=1S/C21H12Cl2N2O3S/c1-10-9-29-21(24-10)25-17(11-2-4-12(22)5-3-11)16-18(26)14-8-13(23)6-7-15(14)28-19(16)20(25)27/h2-9,17H,1H3. The number of halogens is 2. The number of nitrogens with zero attached hydrogens (tertiary/aromatic N) is 2. The number of thiazole rings is 1. The number of aromatic nitrogens is 1. The molecular formula is C21H12Cl2N2O3S. The second-order valence-corrected chi connectivity index (χ2v) is 8.42. The molecule has 2 aromatic heterocycles. The second kappa shape index (κ2) is 6.69. The molecule has 1 amide bonds. The first-order valence-electron chi connectivity index (χ1n) is 8.71. The van der Waals surface area contributed by atoms with E-state index in [-0.39, 0.29) is 16.8 Å². The van der Waals surface area contributed by atoms with E-state index in [9.17, 15) is 9.59 Å². The van der Waals surface area contributed by atoms with Crippen LogP contribution in [0, 0.1) is 6.92 Å². The van der Waals surface area contributed by atoms with Gasteiger partial charge in [-0.15, -0.1) is 11.3 Å². The number of carbonyl (C=O) groups excluding carboxylic acids is 1. The first-order valence-corrected chi connectivity index (χ1v) is 10.3. The number of benzene rings is 2. The van der Waals surface area contributed by atoms with E-state index < -0.39 is 11.9 Å². The molecule has 4 aromatic rings. The van der Waals surface area contributed by atoms with Crippen LogP contribution in [0.25, 0.3) is 11.0 Å². The quantitative estimate of drug-likeness (QED) is 0.404. The van der Waals surface area contributed by atoms with Crippen molar-refractivity contribution in [2.24, 2.45) is 0 Å². The molecule has 8 heteroatoms. The molecule has 144 valence electrons. The summed E-state index contributed by atoms with van der Waals surface area (Å²) in [6, 6.07) is 11.2. The fourth-order valence-corrected chi connectivity index (χ4v) is 4.68. The van der Waals surface area contributed by atoms with Crippen LogP contribution >= 0.6 is 34.5 Å². The molecule has 0 spiro atoms. The zero-order chi connectivity index (χ0) is 20.3. The summed E-state index contributed by atoms with van der Waals surface area (Å²) in [6.45, 7) is 1.85. The number of amides is 1. The minimum absolute atomic E-state index is 0.0256. The maximum Gasteiger partial charge on any atom is 0.297 e. The molecule has 0 saturated carbocycles. The Labute approximate surface area is 179 Å². The first-order chi connectivity index (χ1) is 13.9. The van der Waals surface area contributed by atoms with Crippen molar-refractivity contribution in [3.8, 4) is 0 Å². The largest absolute Gasteiger partial charge is 0.450 e. The Hall–Kier alpha value is -2.67. The van der Waals surface area contributed by atoms with Gasteiger partial charge in [-0.2, -0.15) is 0 Å². The zero-order valence-electron chi connectivity index (χ0n) is 15.0. The Morgan fingerprint density at radius 2 is 1.79 bits per heavy atom. The van der Waals surface area contributed by atoms with Crippen molar-refractivity contribution >= 4 is 56.5 Å². The fraction of sp³-hybridized carbons (Fsp3) is 0.0952. The highest BCUT2D eigenvalue weighted by Crippen LogP contribution is 2.42. The van der Waals surface area contributed by atoms with Gasteiger partial charge < -0.3 is 4.42 Å².